The predicted octanol–water partition coefficient (Wildman–Crippen LogP) is 3.31. The zero-order valence-electron chi connectivity index (χ0n) is 13.8. The summed E-state index contributed by atoms with van der Waals surface area (Å²) in [5.41, 5.74) is 2.01. The summed E-state index contributed by atoms with van der Waals surface area (Å²) in [5, 5.41) is 13.3. The van der Waals surface area contributed by atoms with Crippen LogP contribution < -0.4 is 5.32 Å². The molecule has 3 rings (SSSR count). The molecule has 1 aromatic carbocycles. The Balaban J connectivity index is 1.89. The van der Waals surface area contributed by atoms with Crippen molar-refractivity contribution in [1.82, 2.24) is 10.3 Å². The van der Waals surface area contributed by atoms with Gasteiger partial charge in [-0.05, 0) is 31.9 Å². The molecule has 5 nitrogen and oxygen atoms in total. The average Bonchev–Trinajstić information content (AvgIpc) is 2.79. The fraction of sp³-hybridized carbons (Fsp3) is 0.421. The van der Waals surface area contributed by atoms with E-state index in [1.54, 1.807) is 6.07 Å². The number of fused-ring (bicyclic) bond motifs is 1. The topological polar surface area (TPSA) is 79.3 Å². The van der Waals surface area contributed by atoms with Crippen LogP contribution in [0.3, 0.4) is 0 Å². The first-order valence-corrected chi connectivity index (χ1v) is 8.46. The van der Waals surface area contributed by atoms with Gasteiger partial charge in [-0.2, -0.15) is 0 Å². The third-order valence-corrected chi connectivity index (χ3v) is 4.75. The van der Waals surface area contributed by atoms with E-state index in [1.165, 1.54) is 0 Å². The van der Waals surface area contributed by atoms with Gasteiger partial charge in [-0.15, -0.1) is 0 Å². The van der Waals surface area contributed by atoms with Crippen molar-refractivity contribution in [3.63, 3.8) is 0 Å². The van der Waals surface area contributed by atoms with Crippen LogP contribution in [0.25, 0.3) is 10.9 Å². The highest BCUT2D eigenvalue weighted by Crippen LogP contribution is 2.25. The van der Waals surface area contributed by atoms with Crippen molar-refractivity contribution in [1.29, 1.82) is 0 Å². The van der Waals surface area contributed by atoms with E-state index >= 15 is 0 Å². The quantitative estimate of drug-likeness (QED) is 0.848. The lowest BCUT2D eigenvalue weighted by atomic mass is 9.94. The maximum absolute atomic E-state index is 12.8. The molecule has 24 heavy (non-hydrogen) atoms. The first-order chi connectivity index (χ1) is 11.6. The van der Waals surface area contributed by atoms with Gasteiger partial charge < -0.3 is 10.4 Å². The van der Waals surface area contributed by atoms with Gasteiger partial charge in [0.2, 0.25) is 0 Å². The summed E-state index contributed by atoms with van der Waals surface area (Å²) in [4.78, 5) is 28.8. The number of carboxylic acids is 1. The molecule has 5 heteroatoms. The second-order valence-corrected chi connectivity index (χ2v) is 6.49. The molecule has 2 N–H and O–H groups in total. The van der Waals surface area contributed by atoms with Crippen LogP contribution >= 0.6 is 0 Å². The van der Waals surface area contributed by atoms with Gasteiger partial charge in [-0.1, -0.05) is 37.5 Å². The van der Waals surface area contributed by atoms with Gasteiger partial charge in [0.25, 0.3) is 5.91 Å². The third-order valence-electron chi connectivity index (χ3n) is 4.75. The number of rotatable bonds is 3. The normalized spacial score (nSPS) is 21.2. The number of para-hydroxylation sites is 1. The Hall–Kier alpha value is -2.43. The van der Waals surface area contributed by atoms with E-state index < -0.39 is 11.9 Å². The maximum Gasteiger partial charge on any atom is 0.308 e. The molecule has 2 aromatic rings. The highest BCUT2D eigenvalue weighted by Gasteiger charge is 2.31. The summed E-state index contributed by atoms with van der Waals surface area (Å²) >= 11 is 0. The van der Waals surface area contributed by atoms with Gasteiger partial charge in [0.1, 0.15) is 0 Å². The highest BCUT2D eigenvalue weighted by atomic mass is 16.4. The minimum Gasteiger partial charge on any atom is -0.481 e. The van der Waals surface area contributed by atoms with Crippen LogP contribution in [0.2, 0.25) is 0 Å². The fourth-order valence-corrected chi connectivity index (χ4v) is 3.45. The Morgan fingerprint density at radius 1 is 1.12 bits per heavy atom. The number of hydrogen-bond acceptors (Lipinski definition) is 3. The van der Waals surface area contributed by atoms with Crippen LogP contribution in [0, 0.1) is 12.8 Å². The number of nitrogens with zero attached hydrogens (tertiary/aromatic N) is 1. The molecule has 1 heterocycles. The van der Waals surface area contributed by atoms with Crippen molar-refractivity contribution >= 4 is 22.8 Å². The van der Waals surface area contributed by atoms with E-state index in [1.807, 2.05) is 31.2 Å². The Bertz CT molecular complexity index is 772. The Morgan fingerprint density at radius 2 is 1.92 bits per heavy atom. The number of amides is 1. The molecule has 0 aliphatic heterocycles. The van der Waals surface area contributed by atoms with Gasteiger partial charge in [0, 0.05) is 17.1 Å². The first-order valence-electron chi connectivity index (χ1n) is 8.46. The van der Waals surface area contributed by atoms with Crippen molar-refractivity contribution in [2.24, 2.45) is 5.92 Å². The molecule has 0 bridgehead atoms. The highest BCUT2D eigenvalue weighted by molar-refractivity contribution is 6.05. The third kappa shape index (κ3) is 3.40. The smallest absolute Gasteiger partial charge is 0.308 e. The number of benzene rings is 1. The number of aromatic nitrogens is 1. The van der Waals surface area contributed by atoms with Gasteiger partial charge in [-0.25, -0.2) is 0 Å². The van der Waals surface area contributed by atoms with Gasteiger partial charge in [0.05, 0.1) is 17.0 Å². The predicted molar refractivity (Wildman–Crippen MR) is 91.9 cm³/mol. The fourth-order valence-electron chi connectivity index (χ4n) is 3.45. The monoisotopic (exact) mass is 326 g/mol. The molecule has 0 unspecified atom stereocenters. The molecule has 0 radical (unpaired) electrons. The summed E-state index contributed by atoms with van der Waals surface area (Å²) in [7, 11) is 0. The Morgan fingerprint density at radius 3 is 2.71 bits per heavy atom. The van der Waals surface area contributed by atoms with E-state index in [-0.39, 0.29) is 11.9 Å². The van der Waals surface area contributed by atoms with E-state index in [4.69, 9.17) is 0 Å². The second kappa shape index (κ2) is 6.99. The van der Waals surface area contributed by atoms with Crippen LogP contribution in [0.15, 0.2) is 30.3 Å². The standard InChI is InChI=1S/C19H22N2O3/c1-12-10-11-13-6-5-8-15(17(13)20-12)18(22)21-16-9-4-2-3-7-14(16)19(23)24/h5-6,8,10-11,14,16H,2-4,7,9H2,1H3,(H,21,22)(H,23,24)/t14-,16+/m1/s1. The summed E-state index contributed by atoms with van der Waals surface area (Å²) < 4.78 is 0. The summed E-state index contributed by atoms with van der Waals surface area (Å²) in [6, 6.07) is 9.03. The van der Waals surface area contributed by atoms with E-state index in [2.05, 4.69) is 10.3 Å². The number of hydrogen-bond donors (Lipinski definition) is 2. The van der Waals surface area contributed by atoms with E-state index in [9.17, 15) is 14.7 Å². The molecular weight excluding hydrogens is 304 g/mol. The van der Waals surface area contributed by atoms with Crippen LogP contribution in [0.4, 0.5) is 0 Å². The van der Waals surface area contributed by atoms with Crippen molar-refractivity contribution in [2.45, 2.75) is 45.1 Å². The maximum atomic E-state index is 12.8. The van der Waals surface area contributed by atoms with Crippen molar-refractivity contribution in [3.8, 4) is 0 Å². The molecule has 126 valence electrons. The zero-order valence-corrected chi connectivity index (χ0v) is 13.8. The number of pyridine rings is 1. The molecule has 1 aliphatic carbocycles. The van der Waals surface area contributed by atoms with Crippen LogP contribution in [0.1, 0.15) is 48.2 Å². The number of aryl methyl sites for hydroxylation is 1. The van der Waals surface area contributed by atoms with E-state index in [0.717, 1.165) is 30.3 Å². The van der Waals surface area contributed by atoms with Crippen LogP contribution in [-0.4, -0.2) is 28.0 Å². The minimum absolute atomic E-state index is 0.239. The number of carbonyl (C=O) groups excluding carboxylic acids is 1. The molecule has 0 spiro atoms. The molecule has 1 aliphatic rings. The van der Waals surface area contributed by atoms with Crippen molar-refractivity contribution < 1.29 is 14.7 Å². The number of aliphatic carboxylic acids is 1. The SMILES string of the molecule is Cc1ccc2cccc(C(=O)N[C@H]3CCCCC[C@H]3C(=O)O)c2n1. The van der Waals surface area contributed by atoms with Crippen LogP contribution in [-0.2, 0) is 4.79 Å². The lowest BCUT2D eigenvalue weighted by Crippen LogP contribution is -2.42. The summed E-state index contributed by atoms with van der Waals surface area (Å²) in [6.45, 7) is 1.89. The van der Waals surface area contributed by atoms with Crippen LogP contribution in [0.5, 0.6) is 0 Å². The minimum atomic E-state index is -0.825. The van der Waals surface area contributed by atoms with Gasteiger partial charge >= 0.3 is 5.97 Å². The molecule has 1 aromatic heterocycles. The number of carboxylic acid groups (broad SMARTS) is 1. The zero-order chi connectivity index (χ0) is 17.1. The lowest BCUT2D eigenvalue weighted by molar-refractivity contribution is -0.142. The number of carbonyl (C=O) groups is 2. The molecule has 1 fully saturated rings. The first kappa shape index (κ1) is 16.4. The number of nitrogens with one attached hydrogen (secondary N) is 1. The molecule has 1 saturated carbocycles. The van der Waals surface area contributed by atoms with E-state index in [0.29, 0.717) is 23.9 Å². The second-order valence-electron chi connectivity index (χ2n) is 6.49. The van der Waals surface area contributed by atoms with Gasteiger partial charge in [0.15, 0.2) is 0 Å². The Labute approximate surface area is 141 Å². The average molecular weight is 326 g/mol. The molecule has 2 atom stereocenters. The summed E-state index contributed by atoms with van der Waals surface area (Å²) in [6.07, 6.45) is 4.19. The molecule has 0 saturated heterocycles. The molecular formula is C19H22N2O3. The largest absolute Gasteiger partial charge is 0.481 e. The Kier molecular flexibility index (Phi) is 4.79. The van der Waals surface area contributed by atoms with Gasteiger partial charge in [-0.3, -0.25) is 14.6 Å². The lowest BCUT2D eigenvalue weighted by Gasteiger charge is -2.23. The van der Waals surface area contributed by atoms with Crippen molar-refractivity contribution in [2.75, 3.05) is 0 Å². The summed E-state index contributed by atoms with van der Waals surface area (Å²) in [5.74, 6) is -1.58. The van der Waals surface area contributed by atoms with Crippen molar-refractivity contribution in [3.05, 3.63) is 41.6 Å². The molecule has 1 amide bonds.